The van der Waals surface area contributed by atoms with E-state index >= 15 is 0 Å². The summed E-state index contributed by atoms with van der Waals surface area (Å²) in [5.41, 5.74) is 0.905. The minimum absolute atomic E-state index is 0.153. The largest absolute Gasteiger partial charge is 0.504 e. The van der Waals surface area contributed by atoms with Crippen LogP contribution in [-0.2, 0) is 4.74 Å². The van der Waals surface area contributed by atoms with Crippen LogP contribution in [0, 0.1) is 0 Å². The van der Waals surface area contributed by atoms with Crippen molar-refractivity contribution in [2.75, 3.05) is 32.9 Å². The first-order valence-corrected chi connectivity index (χ1v) is 6.12. The fourth-order valence-electron chi connectivity index (χ4n) is 1.70. The van der Waals surface area contributed by atoms with E-state index in [1.165, 1.54) is 0 Å². The number of phenolic OH excluding ortho intramolecular Hbond substituents is 1. The molecule has 0 saturated carbocycles. The Bertz CT molecular complexity index is 415. The molecule has 0 spiro atoms. The lowest BCUT2D eigenvalue weighted by molar-refractivity contribution is 0.0397. The highest BCUT2D eigenvalue weighted by Gasteiger charge is 2.07. The summed E-state index contributed by atoms with van der Waals surface area (Å²) in [6, 6.07) is 5.20. The molecular weight excluding hydrogens is 232 g/mol. The number of nitrogens with zero attached hydrogens (tertiary/aromatic N) is 2. The highest BCUT2D eigenvalue weighted by atomic mass is 16.5. The molecule has 5 heteroatoms. The number of ether oxygens (including phenoxy) is 2. The lowest BCUT2D eigenvalue weighted by Crippen LogP contribution is -2.32. The van der Waals surface area contributed by atoms with Crippen molar-refractivity contribution in [2.45, 2.75) is 6.92 Å². The van der Waals surface area contributed by atoms with E-state index in [2.05, 4.69) is 5.10 Å². The Kier molecular flexibility index (Phi) is 4.41. The Labute approximate surface area is 107 Å². The van der Waals surface area contributed by atoms with Crippen molar-refractivity contribution >= 4 is 6.21 Å². The molecule has 1 aliphatic rings. The van der Waals surface area contributed by atoms with E-state index < -0.39 is 0 Å². The molecule has 1 N–H and O–H groups in total. The van der Waals surface area contributed by atoms with E-state index in [0.29, 0.717) is 12.4 Å². The fourth-order valence-corrected chi connectivity index (χ4v) is 1.70. The first-order chi connectivity index (χ1) is 8.79. The molecule has 0 bridgehead atoms. The van der Waals surface area contributed by atoms with Gasteiger partial charge in [0, 0.05) is 0 Å². The van der Waals surface area contributed by atoms with Crippen molar-refractivity contribution in [1.82, 2.24) is 5.01 Å². The average Bonchev–Trinajstić information content (AvgIpc) is 2.41. The zero-order chi connectivity index (χ0) is 12.8. The Balaban J connectivity index is 2.03. The Morgan fingerprint density at radius 3 is 2.94 bits per heavy atom. The summed E-state index contributed by atoms with van der Waals surface area (Å²) in [6.07, 6.45) is 1.77. The molecule has 5 nitrogen and oxygen atoms in total. The molecule has 0 aliphatic carbocycles. The zero-order valence-electron chi connectivity index (χ0n) is 10.5. The number of morpholine rings is 1. The summed E-state index contributed by atoms with van der Waals surface area (Å²) in [5, 5.41) is 15.9. The average molecular weight is 250 g/mol. The van der Waals surface area contributed by atoms with Gasteiger partial charge in [-0.05, 0) is 30.7 Å². The third-order valence-electron chi connectivity index (χ3n) is 2.64. The molecule has 0 atom stereocenters. The zero-order valence-corrected chi connectivity index (χ0v) is 10.5. The van der Waals surface area contributed by atoms with E-state index in [1.54, 1.807) is 18.3 Å². The van der Waals surface area contributed by atoms with Crippen LogP contribution in [0.4, 0.5) is 0 Å². The van der Waals surface area contributed by atoms with Gasteiger partial charge >= 0.3 is 0 Å². The fraction of sp³-hybridized carbons (Fsp3) is 0.462. The van der Waals surface area contributed by atoms with Crippen molar-refractivity contribution in [3.63, 3.8) is 0 Å². The van der Waals surface area contributed by atoms with E-state index in [1.807, 2.05) is 18.0 Å². The highest BCUT2D eigenvalue weighted by molar-refractivity contribution is 5.80. The number of phenols is 1. The van der Waals surface area contributed by atoms with Gasteiger partial charge in [0.1, 0.15) is 0 Å². The van der Waals surface area contributed by atoms with Crippen LogP contribution in [0.15, 0.2) is 23.3 Å². The van der Waals surface area contributed by atoms with Crippen LogP contribution in [0.3, 0.4) is 0 Å². The van der Waals surface area contributed by atoms with Gasteiger partial charge in [0.2, 0.25) is 0 Å². The van der Waals surface area contributed by atoms with Crippen LogP contribution in [0.5, 0.6) is 11.5 Å². The highest BCUT2D eigenvalue weighted by Crippen LogP contribution is 2.26. The Morgan fingerprint density at radius 2 is 2.22 bits per heavy atom. The van der Waals surface area contributed by atoms with E-state index in [0.717, 1.165) is 31.9 Å². The summed E-state index contributed by atoms with van der Waals surface area (Å²) in [6.45, 7) is 5.47. The number of benzene rings is 1. The number of hydrogen-bond acceptors (Lipinski definition) is 5. The smallest absolute Gasteiger partial charge is 0.161 e. The number of hydrazone groups is 1. The number of hydrogen-bond donors (Lipinski definition) is 1. The quantitative estimate of drug-likeness (QED) is 0.822. The first-order valence-electron chi connectivity index (χ1n) is 6.12. The van der Waals surface area contributed by atoms with Crippen LogP contribution in [0.2, 0.25) is 0 Å². The monoisotopic (exact) mass is 250 g/mol. The molecule has 98 valence electrons. The van der Waals surface area contributed by atoms with Gasteiger partial charge in [0.15, 0.2) is 11.5 Å². The molecule has 0 amide bonds. The molecule has 0 unspecified atom stereocenters. The van der Waals surface area contributed by atoms with Gasteiger partial charge in [-0.15, -0.1) is 0 Å². The lowest BCUT2D eigenvalue weighted by Gasteiger charge is -2.23. The van der Waals surface area contributed by atoms with Gasteiger partial charge in [-0.1, -0.05) is 0 Å². The van der Waals surface area contributed by atoms with E-state index in [-0.39, 0.29) is 5.75 Å². The standard InChI is InChI=1S/C13H18N2O3/c1-2-18-13-9-11(3-4-12(13)16)10-14-15-5-7-17-8-6-15/h3-4,9-10,16H,2,5-8H2,1H3/b14-10-. The molecule has 1 fully saturated rings. The third kappa shape index (κ3) is 3.37. The number of aromatic hydroxyl groups is 1. The maximum Gasteiger partial charge on any atom is 0.161 e. The third-order valence-corrected chi connectivity index (χ3v) is 2.64. The van der Waals surface area contributed by atoms with Crippen LogP contribution < -0.4 is 4.74 Å². The van der Waals surface area contributed by atoms with Crippen LogP contribution >= 0.6 is 0 Å². The topological polar surface area (TPSA) is 54.3 Å². The van der Waals surface area contributed by atoms with Gasteiger partial charge in [-0.2, -0.15) is 5.10 Å². The molecule has 1 aromatic carbocycles. The van der Waals surface area contributed by atoms with Crippen molar-refractivity contribution < 1.29 is 14.6 Å². The predicted molar refractivity (Wildman–Crippen MR) is 69.3 cm³/mol. The summed E-state index contributed by atoms with van der Waals surface area (Å²) in [4.78, 5) is 0. The minimum Gasteiger partial charge on any atom is -0.504 e. The normalized spacial score (nSPS) is 16.2. The molecule has 1 aliphatic heterocycles. The molecular formula is C13H18N2O3. The molecule has 0 aromatic heterocycles. The SMILES string of the molecule is CCOc1cc(/C=N\N2CCOCC2)ccc1O. The van der Waals surface area contributed by atoms with Crippen molar-refractivity contribution in [1.29, 1.82) is 0 Å². The Morgan fingerprint density at radius 1 is 1.44 bits per heavy atom. The summed E-state index contributed by atoms with van der Waals surface area (Å²) < 4.78 is 10.6. The van der Waals surface area contributed by atoms with Gasteiger partial charge in [-0.25, -0.2) is 0 Å². The molecule has 2 rings (SSSR count). The van der Waals surface area contributed by atoms with E-state index in [9.17, 15) is 5.11 Å². The molecule has 0 radical (unpaired) electrons. The molecule has 1 aromatic rings. The van der Waals surface area contributed by atoms with Crippen molar-refractivity contribution in [3.8, 4) is 11.5 Å². The maximum atomic E-state index is 9.59. The minimum atomic E-state index is 0.153. The van der Waals surface area contributed by atoms with Crippen LogP contribution in [0.25, 0.3) is 0 Å². The van der Waals surface area contributed by atoms with Crippen LogP contribution in [-0.4, -0.2) is 49.2 Å². The van der Waals surface area contributed by atoms with Gasteiger partial charge < -0.3 is 14.6 Å². The van der Waals surface area contributed by atoms with Crippen LogP contribution in [0.1, 0.15) is 12.5 Å². The summed E-state index contributed by atoms with van der Waals surface area (Å²) in [5.74, 6) is 0.642. The second kappa shape index (κ2) is 6.26. The van der Waals surface area contributed by atoms with Gasteiger partial charge in [0.25, 0.3) is 0 Å². The second-order valence-electron chi connectivity index (χ2n) is 3.97. The molecule has 1 heterocycles. The maximum absolute atomic E-state index is 9.59. The summed E-state index contributed by atoms with van der Waals surface area (Å²) in [7, 11) is 0. The van der Waals surface area contributed by atoms with E-state index in [4.69, 9.17) is 9.47 Å². The van der Waals surface area contributed by atoms with Gasteiger partial charge in [-0.3, -0.25) is 5.01 Å². The summed E-state index contributed by atoms with van der Waals surface area (Å²) >= 11 is 0. The number of rotatable bonds is 4. The van der Waals surface area contributed by atoms with Gasteiger partial charge in [0.05, 0.1) is 39.1 Å². The molecule has 18 heavy (non-hydrogen) atoms. The van der Waals surface area contributed by atoms with Crippen molar-refractivity contribution in [3.05, 3.63) is 23.8 Å². The first kappa shape index (κ1) is 12.7. The predicted octanol–water partition coefficient (Wildman–Crippen LogP) is 1.46. The Hall–Kier alpha value is -1.75. The van der Waals surface area contributed by atoms with Crippen molar-refractivity contribution in [2.24, 2.45) is 5.10 Å². The second-order valence-corrected chi connectivity index (χ2v) is 3.97. The lowest BCUT2D eigenvalue weighted by atomic mass is 10.2. The molecule has 1 saturated heterocycles.